The second-order valence-corrected chi connectivity index (χ2v) is 10.6. The largest absolute Gasteiger partial charge is 0.490 e. The van der Waals surface area contributed by atoms with Crippen molar-refractivity contribution in [2.24, 2.45) is 0 Å². The highest BCUT2D eigenvalue weighted by Crippen LogP contribution is 2.32. The van der Waals surface area contributed by atoms with Crippen LogP contribution in [-0.2, 0) is 16.0 Å². The number of pyridine rings is 1. The third-order valence-electron chi connectivity index (χ3n) is 6.17. The van der Waals surface area contributed by atoms with E-state index in [1.165, 1.54) is 18.2 Å². The second-order valence-electron chi connectivity index (χ2n) is 8.63. The number of hydrogen-bond acceptors (Lipinski definition) is 6. The van der Waals surface area contributed by atoms with Crippen molar-refractivity contribution >= 4 is 21.6 Å². The minimum atomic E-state index is -4.46. The lowest BCUT2D eigenvalue weighted by Gasteiger charge is -2.36. The maximum Gasteiger partial charge on any atom is 0.416 e. The number of alkyl halides is 3. The number of benzene rings is 1. The zero-order chi connectivity index (χ0) is 24.5. The fourth-order valence-corrected chi connectivity index (χ4v) is 4.92. The predicted octanol–water partition coefficient (Wildman–Crippen LogP) is 3.79. The molecule has 0 bridgehead atoms. The molecular formula is C23H26F3N3O4S. The third kappa shape index (κ3) is 5.45. The number of aromatic nitrogens is 1. The van der Waals surface area contributed by atoms with Gasteiger partial charge in [0.15, 0.2) is 9.84 Å². The zero-order valence-corrected chi connectivity index (χ0v) is 19.5. The van der Waals surface area contributed by atoms with Gasteiger partial charge in [0.2, 0.25) is 0 Å². The van der Waals surface area contributed by atoms with Gasteiger partial charge in [0.25, 0.3) is 5.91 Å². The first-order chi connectivity index (χ1) is 16.0. The van der Waals surface area contributed by atoms with Crippen LogP contribution >= 0.6 is 0 Å². The van der Waals surface area contributed by atoms with Crippen molar-refractivity contribution in [1.82, 2.24) is 9.88 Å². The van der Waals surface area contributed by atoms with Crippen LogP contribution in [0.25, 0.3) is 0 Å². The fourth-order valence-electron chi connectivity index (χ4n) is 4.27. The summed E-state index contributed by atoms with van der Waals surface area (Å²) < 4.78 is 69.3. The van der Waals surface area contributed by atoms with Crippen LogP contribution < -0.4 is 9.64 Å². The zero-order valence-electron chi connectivity index (χ0n) is 18.7. The molecule has 1 aliphatic heterocycles. The van der Waals surface area contributed by atoms with E-state index in [0.717, 1.165) is 50.3 Å². The molecule has 1 aromatic heterocycles. The van der Waals surface area contributed by atoms with Crippen LogP contribution in [0.2, 0.25) is 0 Å². The van der Waals surface area contributed by atoms with Crippen molar-refractivity contribution < 1.29 is 31.1 Å². The maximum absolute atomic E-state index is 13.4. The van der Waals surface area contributed by atoms with Crippen molar-refractivity contribution in [3.05, 3.63) is 47.7 Å². The Morgan fingerprint density at radius 2 is 1.74 bits per heavy atom. The lowest BCUT2D eigenvalue weighted by Crippen LogP contribution is -2.49. The van der Waals surface area contributed by atoms with E-state index in [-0.39, 0.29) is 41.4 Å². The molecule has 1 saturated carbocycles. The molecule has 184 valence electrons. The number of nitrogens with zero attached hydrogens (tertiary/aromatic N) is 3. The standard InChI is InChI=1S/C23H26F3N3O4S/c1-34(31,32)18-6-7-20(33-17-4-2-3-5-17)19(15-18)22(30)29-12-10-28(11-13-29)21-14-16(8-9-27-21)23(24,25)26/h6-9,14-15,17H,2-5,10-13H2,1H3. The summed E-state index contributed by atoms with van der Waals surface area (Å²) in [5.74, 6) is 0.188. The van der Waals surface area contributed by atoms with Crippen LogP contribution in [-0.4, -0.2) is 62.7 Å². The number of hydrogen-bond donors (Lipinski definition) is 0. The minimum absolute atomic E-state index is 0.0144. The Balaban J connectivity index is 1.52. The van der Waals surface area contributed by atoms with E-state index in [4.69, 9.17) is 4.74 Å². The molecule has 1 saturated heterocycles. The summed E-state index contributed by atoms with van der Waals surface area (Å²) in [4.78, 5) is 20.7. The SMILES string of the molecule is CS(=O)(=O)c1ccc(OC2CCCC2)c(C(=O)N2CCN(c3cc(C(F)(F)F)ccn3)CC2)c1. The quantitative estimate of drug-likeness (QED) is 0.626. The maximum atomic E-state index is 13.4. The molecule has 7 nitrogen and oxygen atoms in total. The summed E-state index contributed by atoms with van der Waals surface area (Å²) in [5, 5.41) is 0. The lowest BCUT2D eigenvalue weighted by molar-refractivity contribution is -0.137. The van der Waals surface area contributed by atoms with Gasteiger partial charge in [-0.1, -0.05) is 0 Å². The highest BCUT2D eigenvalue weighted by molar-refractivity contribution is 7.90. The molecule has 4 rings (SSSR count). The average molecular weight is 498 g/mol. The Kier molecular flexibility index (Phi) is 6.75. The smallest absolute Gasteiger partial charge is 0.416 e. The molecule has 2 heterocycles. The molecule has 11 heteroatoms. The molecule has 1 amide bonds. The summed E-state index contributed by atoms with van der Waals surface area (Å²) in [6, 6.07) is 6.24. The van der Waals surface area contributed by atoms with Crippen molar-refractivity contribution in [1.29, 1.82) is 0 Å². The van der Waals surface area contributed by atoms with E-state index < -0.39 is 21.6 Å². The Morgan fingerprint density at radius 1 is 1.06 bits per heavy atom. The predicted molar refractivity (Wildman–Crippen MR) is 120 cm³/mol. The molecular weight excluding hydrogens is 471 g/mol. The van der Waals surface area contributed by atoms with Crippen LogP contribution in [0, 0.1) is 0 Å². The first-order valence-electron chi connectivity index (χ1n) is 11.1. The lowest BCUT2D eigenvalue weighted by atomic mass is 10.1. The minimum Gasteiger partial charge on any atom is -0.490 e. The average Bonchev–Trinajstić information content (AvgIpc) is 3.31. The summed E-state index contributed by atoms with van der Waals surface area (Å²) in [5.41, 5.74) is -0.595. The molecule has 0 radical (unpaired) electrons. The first-order valence-corrected chi connectivity index (χ1v) is 13.0. The normalized spacial score (nSPS) is 17.8. The van der Waals surface area contributed by atoms with E-state index in [1.54, 1.807) is 9.80 Å². The van der Waals surface area contributed by atoms with Gasteiger partial charge < -0.3 is 14.5 Å². The highest BCUT2D eigenvalue weighted by Gasteiger charge is 2.32. The van der Waals surface area contributed by atoms with Gasteiger partial charge in [-0.25, -0.2) is 13.4 Å². The topological polar surface area (TPSA) is 79.8 Å². The van der Waals surface area contributed by atoms with Crippen LogP contribution in [0.1, 0.15) is 41.6 Å². The van der Waals surface area contributed by atoms with Gasteiger partial charge in [0.1, 0.15) is 11.6 Å². The van der Waals surface area contributed by atoms with Gasteiger partial charge in [0, 0.05) is 38.6 Å². The molecule has 0 unspecified atom stereocenters. The molecule has 2 aromatic rings. The number of sulfone groups is 1. The first kappa shape index (κ1) is 24.3. The van der Waals surface area contributed by atoms with Crippen molar-refractivity contribution in [3.63, 3.8) is 0 Å². The van der Waals surface area contributed by atoms with Crippen molar-refractivity contribution in [2.75, 3.05) is 37.3 Å². The molecule has 2 fully saturated rings. The van der Waals surface area contributed by atoms with Gasteiger partial charge >= 0.3 is 6.18 Å². The van der Waals surface area contributed by atoms with Gasteiger partial charge in [-0.2, -0.15) is 13.2 Å². The van der Waals surface area contributed by atoms with Crippen molar-refractivity contribution in [3.8, 4) is 5.75 Å². The number of rotatable bonds is 5. The van der Waals surface area contributed by atoms with E-state index in [2.05, 4.69) is 4.98 Å². The van der Waals surface area contributed by atoms with Gasteiger partial charge in [-0.05, 0) is 56.0 Å². The Hall–Kier alpha value is -2.82. The molecule has 34 heavy (non-hydrogen) atoms. The second kappa shape index (κ2) is 9.44. The summed E-state index contributed by atoms with van der Waals surface area (Å²) in [6.45, 7) is 1.10. The number of anilines is 1. The Labute approximate surface area is 196 Å². The monoisotopic (exact) mass is 497 g/mol. The molecule has 1 aromatic carbocycles. The van der Waals surface area contributed by atoms with E-state index in [1.807, 2.05) is 0 Å². The number of ether oxygens (including phenoxy) is 1. The molecule has 0 spiro atoms. The third-order valence-corrected chi connectivity index (χ3v) is 7.28. The molecule has 0 atom stereocenters. The molecule has 1 aliphatic carbocycles. The number of piperazine rings is 1. The van der Waals surface area contributed by atoms with Crippen LogP contribution in [0.4, 0.5) is 19.0 Å². The number of amides is 1. The van der Waals surface area contributed by atoms with Gasteiger partial charge in [0.05, 0.1) is 22.1 Å². The van der Waals surface area contributed by atoms with Crippen LogP contribution in [0.15, 0.2) is 41.4 Å². The number of carbonyl (C=O) groups excluding carboxylic acids is 1. The number of halogens is 3. The van der Waals surface area contributed by atoms with Gasteiger partial charge in [-0.15, -0.1) is 0 Å². The van der Waals surface area contributed by atoms with Crippen LogP contribution in [0.3, 0.4) is 0 Å². The van der Waals surface area contributed by atoms with E-state index in [0.29, 0.717) is 18.8 Å². The van der Waals surface area contributed by atoms with Crippen LogP contribution in [0.5, 0.6) is 5.75 Å². The summed E-state index contributed by atoms with van der Waals surface area (Å²) in [7, 11) is -3.53. The Morgan fingerprint density at radius 3 is 2.35 bits per heavy atom. The summed E-state index contributed by atoms with van der Waals surface area (Å²) in [6.07, 6.45) is 1.57. The highest BCUT2D eigenvalue weighted by atomic mass is 32.2. The van der Waals surface area contributed by atoms with E-state index in [9.17, 15) is 26.4 Å². The van der Waals surface area contributed by atoms with E-state index >= 15 is 0 Å². The van der Waals surface area contributed by atoms with Gasteiger partial charge in [-0.3, -0.25) is 4.79 Å². The van der Waals surface area contributed by atoms with Crippen molar-refractivity contribution in [2.45, 2.75) is 42.9 Å². The number of carbonyl (C=O) groups is 1. The Bertz CT molecular complexity index is 1160. The fraction of sp³-hybridized carbons (Fsp3) is 0.478. The molecule has 0 N–H and O–H groups in total. The molecule has 2 aliphatic rings. The summed E-state index contributed by atoms with van der Waals surface area (Å²) >= 11 is 0.